The Kier molecular flexibility index (Phi) is 7.73. The second-order valence-electron chi connectivity index (χ2n) is 4.87. The molecule has 1 amide bonds. The number of carbonyl (C=O) groups excluding carboxylic acids is 1. The van der Waals surface area contributed by atoms with Crippen molar-refractivity contribution in [3.63, 3.8) is 0 Å². The van der Waals surface area contributed by atoms with Gasteiger partial charge in [-0.05, 0) is 50.1 Å². The standard InChI is InChI=1S/C18H20N2O3/c1-4-16(20-18(21)23-14(2)3)8-6-5-7-15-9-11-17(12-10-15)22-13-19/h4-6,8-12,14H,1,7H2,2-3H3,(H,20,21)/b6-5+,16-8+. The lowest BCUT2D eigenvalue weighted by Gasteiger charge is -2.09. The molecule has 0 spiro atoms. The van der Waals surface area contributed by atoms with E-state index in [9.17, 15) is 4.79 Å². The molecule has 23 heavy (non-hydrogen) atoms. The van der Waals surface area contributed by atoms with Gasteiger partial charge in [0.15, 0.2) is 0 Å². The minimum absolute atomic E-state index is 0.176. The average Bonchev–Trinajstić information content (AvgIpc) is 2.51. The van der Waals surface area contributed by atoms with Crippen LogP contribution in [0.3, 0.4) is 0 Å². The van der Waals surface area contributed by atoms with E-state index in [2.05, 4.69) is 11.9 Å². The van der Waals surface area contributed by atoms with E-state index in [1.165, 1.54) is 0 Å². The van der Waals surface area contributed by atoms with Gasteiger partial charge in [0.05, 0.1) is 6.10 Å². The molecule has 0 aliphatic carbocycles. The molecule has 0 atom stereocenters. The van der Waals surface area contributed by atoms with Gasteiger partial charge in [-0.1, -0.05) is 30.9 Å². The van der Waals surface area contributed by atoms with Gasteiger partial charge in [0.2, 0.25) is 0 Å². The van der Waals surface area contributed by atoms with Crippen LogP contribution in [0.1, 0.15) is 19.4 Å². The summed E-state index contributed by atoms with van der Waals surface area (Å²) in [6, 6.07) is 7.24. The van der Waals surface area contributed by atoms with Crippen molar-refractivity contribution >= 4 is 6.09 Å². The fourth-order valence-electron chi connectivity index (χ4n) is 1.64. The first-order valence-corrected chi connectivity index (χ1v) is 7.17. The first-order chi connectivity index (χ1) is 11.0. The highest BCUT2D eigenvalue weighted by atomic mass is 16.6. The van der Waals surface area contributed by atoms with E-state index in [4.69, 9.17) is 14.7 Å². The number of hydrogen-bond acceptors (Lipinski definition) is 4. The molecule has 0 aromatic heterocycles. The summed E-state index contributed by atoms with van der Waals surface area (Å²) in [4.78, 5) is 11.5. The SMILES string of the molecule is C=C/C(=C\C=C\Cc1ccc(OC#N)cc1)NC(=O)OC(C)C. The molecule has 5 heteroatoms. The molecule has 0 saturated heterocycles. The summed E-state index contributed by atoms with van der Waals surface area (Å²) >= 11 is 0. The van der Waals surface area contributed by atoms with Crippen molar-refractivity contribution in [3.8, 4) is 12.0 Å². The second kappa shape index (κ2) is 9.85. The van der Waals surface area contributed by atoms with Gasteiger partial charge in [0.1, 0.15) is 5.75 Å². The number of rotatable bonds is 7. The second-order valence-corrected chi connectivity index (χ2v) is 4.87. The topological polar surface area (TPSA) is 71.3 Å². The summed E-state index contributed by atoms with van der Waals surface area (Å²) in [5, 5.41) is 11.0. The molecule has 0 fully saturated rings. The maximum Gasteiger partial charge on any atom is 0.411 e. The number of benzene rings is 1. The predicted molar refractivity (Wildman–Crippen MR) is 88.6 cm³/mol. The van der Waals surface area contributed by atoms with Crippen molar-refractivity contribution < 1.29 is 14.3 Å². The monoisotopic (exact) mass is 312 g/mol. The Morgan fingerprint density at radius 3 is 2.65 bits per heavy atom. The number of alkyl carbamates (subject to hydrolysis) is 1. The van der Waals surface area contributed by atoms with E-state index in [1.807, 2.05) is 24.3 Å². The molecule has 0 unspecified atom stereocenters. The van der Waals surface area contributed by atoms with E-state index in [0.717, 1.165) is 5.56 Å². The minimum atomic E-state index is -0.507. The third-order valence-electron chi connectivity index (χ3n) is 2.66. The largest absolute Gasteiger partial charge is 0.447 e. The molecule has 0 saturated carbocycles. The predicted octanol–water partition coefficient (Wildman–Crippen LogP) is 3.85. The van der Waals surface area contributed by atoms with Crippen LogP contribution in [-0.4, -0.2) is 12.2 Å². The zero-order valence-electron chi connectivity index (χ0n) is 13.3. The summed E-state index contributed by atoms with van der Waals surface area (Å²) in [6.45, 7) is 7.21. The third kappa shape index (κ3) is 7.53. The van der Waals surface area contributed by atoms with Crippen molar-refractivity contribution in [2.24, 2.45) is 0 Å². The van der Waals surface area contributed by atoms with Crippen LogP contribution in [0, 0.1) is 11.5 Å². The molecule has 1 rings (SSSR count). The molecular weight excluding hydrogens is 292 g/mol. The first kappa shape index (κ1) is 18.1. The van der Waals surface area contributed by atoms with Crippen molar-refractivity contribution in [3.05, 3.63) is 66.4 Å². The fourth-order valence-corrected chi connectivity index (χ4v) is 1.64. The Bertz CT molecular complexity index is 623. The molecule has 0 radical (unpaired) electrons. The van der Waals surface area contributed by atoms with Gasteiger partial charge in [-0.15, -0.1) is 5.26 Å². The van der Waals surface area contributed by atoms with Crippen molar-refractivity contribution in [1.82, 2.24) is 5.32 Å². The number of hydrogen-bond donors (Lipinski definition) is 1. The Balaban J connectivity index is 2.53. The number of nitrogens with zero attached hydrogens (tertiary/aromatic N) is 1. The first-order valence-electron chi connectivity index (χ1n) is 7.17. The normalized spacial score (nSPS) is 11.1. The summed E-state index contributed by atoms with van der Waals surface area (Å²) < 4.78 is 9.70. The van der Waals surface area contributed by atoms with Crippen LogP contribution in [0.5, 0.6) is 5.75 Å². The summed E-state index contributed by atoms with van der Waals surface area (Å²) in [7, 11) is 0. The lowest BCUT2D eigenvalue weighted by atomic mass is 10.1. The van der Waals surface area contributed by atoms with Crippen LogP contribution >= 0.6 is 0 Å². The van der Waals surface area contributed by atoms with Crippen LogP contribution in [0.15, 0.2) is 60.8 Å². The highest BCUT2D eigenvalue weighted by molar-refractivity contribution is 5.70. The van der Waals surface area contributed by atoms with Crippen molar-refractivity contribution in [2.45, 2.75) is 26.4 Å². The van der Waals surface area contributed by atoms with E-state index in [0.29, 0.717) is 17.9 Å². The van der Waals surface area contributed by atoms with Crippen LogP contribution in [0.25, 0.3) is 0 Å². The lowest BCUT2D eigenvalue weighted by molar-refractivity contribution is 0.118. The van der Waals surface area contributed by atoms with E-state index in [-0.39, 0.29) is 6.10 Å². The molecule has 0 bridgehead atoms. The summed E-state index contributed by atoms with van der Waals surface area (Å²) in [5.74, 6) is 0.516. The fraction of sp³-hybridized carbons (Fsp3) is 0.222. The highest BCUT2D eigenvalue weighted by Crippen LogP contribution is 2.12. The molecular formula is C18H20N2O3. The van der Waals surface area contributed by atoms with Gasteiger partial charge in [-0.3, -0.25) is 5.32 Å². The van der Waals surface area contributed by atoms with Crippen molar-refractivity contribution in [2.75, 3.05) is 0 Å². The van der Waals surface area contributed by atoms with E-state index < -0.39 is 6.09 Å². The highest BCUT2D eigenvalue weighted by Gasteiger charge is 2.04. The smallest absolute Gasteiger partial charge is 0.411 e. The van der Waals surface area contributed by atoms with Crippen molar-refractivity contribution in [1.29, 1.82) is 5.26 Å². The molecule has 5 nitrogen and oxygen atoms in total. The minimum Gasteiger partial charge on any atom is -0.447 e. The van der Waals surface area contributed by atoms with Crippen LogP contribution < -0.4 is 10.1 Å². The maximum absolute atomic E-state index is 11.5. The van der Waals surface area contributed by atoms with Gasteiger partial charge >= 0.3 is 6.09 Å². The van der Waals surface area contributed by atoms with Gasteiger partial charge in [-0.2, -0.15) is 0 Å². The Morgan fingerprint density at radius 2 is 2.09 bits per heavy atom. The summed E-state index contributed by atoms with van der Waals surface area (Å²) in [6.07, 6.45) is 8.70. The van der Waals surface area contributed by atoms with Crippen LogP contribution in [0.4, 0.5) is 4.79 Å². The Labute approximate surface area is 136 Å². The van der Waals surface area contributed by atoms with Gasteiger partial charge in [-0.25, -0.2) is 4.79 Å². The zero-order chi connectivity index (χ0) is 17.1. The molecule has 0 aliphatic heterocycles. The molecule has 0 heterocycles. The number of allylic oxidation sites excluding steroid dienone is 4. The number of amides is 1. The Hall–Kier alpha value is -3.00. The number of nitrogens with one attached hydrogen (secondary N) is 1. The van der Waals surface area contributed by atoms with E-state index >= 15 is 0 Å². The van der Waals surface area contributed by atoms with Crippen LogP contribution in [-0.2, 0) is 11.2 Å². The molecule has 1 aromatic rings. The molecule has 120 valence electrons. The zero-order valence-corrected chi connectivity index (χ0v) is 13.3. The van der Waals surface area contributed by atoms with E-state index in [1.54, 1.807) is 44.4 Å². The molecule has 1 aromatic carbocycles. The lowest BCUT2D eigenvalue weighted by Crippen LogP contribution is -2.25. The van der Waals surface area contributed by atoms with Gasteiger partial charge < -0.3 is 9.47 Å². The average molecular weight is 312 g/mol. The number of carbonyl (C=O) groups is 1. The van der Waals surface area contributed by atoms with Gasteiger partial charge in [0, 0.05) is 5.70 Å². The molecule has 1 N–H and O–H groups in total. The number of nitriles is 1. The third-order valence-corrected chi connectivity index (χ3v) is 2.66. The Morgan fingerprint density at radius 1 is 1.39 bits per heavy atom. The molecule has 0 aliphatic rings. The van der Waals surface area contributed by atoms with Crippen LogP contribution in [0.2, 0.25) is 0 Å². The van der Waals surface area contributed by atoms with Gasteiger partial charge in [0.25, 0.3) is 6.26 Å². The maximum atomic E-state index is 11.5. The number of ether oxygens (including phenoxy) is 2. The summed E-state index contributed by atoms with van der Waals surface area (Å²) in [5.41, 5.74) is 1.64. The quantitative estimate of drug-likeness (QED) is 0.613.